The molecule has 4 nitrogen and oxygen atoms in total. The van der Waals surface area contributed by atoms with Gasteiger partial charge in [-0.1, -0.05) is 54.6 Å². The normalized spacial score (nSPS) is 10.6. The first-order chi connectivity index (χ1) is 13.6. The fourth-order valence-corrected chi connectivity index (χ4v) is 2.64. The smallest absolute Gasteiger partial charge is 0.387 e. The summed E-state index contributed by atoms with van der Waals surface area (Å²) >= 11 is 0. The number of alkyl halides is 2. The molecule has 0 saturated heterocycles. The number of methoxy groups -OCH3 is 1. The van der Waals surface area contributed by atoms with E-state index in [0.29, 0.717) is 0 Å². The zero-order valence-corrected chi connectivity index (χ0v) is 15.1. The number of halogens is 2. The maximum Gasteiger partial charge on any atom is 0.387 e. The molecule has 0 fully saturated rings. The Bertz CT molecular complexity index is 925. The van der Waals surface area contributed by atoms with E-state index in [1.54, 1.807) is 0 Å². The lowest BCUT2D eigenvalue weighted by atomic mass is 10.0. The largest absolute Gasteiger partial charge is 0.493 e. The van der Waals surface area contributed by atoms with Crippen molar-refractivity contribution in [2.75, 3.05) is 7.11 Å². The van der Waals surface area contributed by atoms with E-state index in [1.807, 2.05) is 54.6 Å². The third kappa shape index (κ3) is 4.85. The molecule has 3 rings (SSSR count). The van der Waals surface area contributed by atoms with Gasteiger partial charge in [-0.15, -0.1) is 0 Å². The zero-order valence-electron chi connectivity index (χ0n) is 15.1. The third-order valence-corrected chi connectivity index (χ3v) is 4.05. The van der Waals surface area contributed by atoms with Gasteiger partial charge < -0.3 is 14.2 Å². The van der Waals surface area contributed by atoms with Gasteiger partial charge in [0, 0.05) is 0 Å². The van der Waals surface area contributed by atoms with Crippen molar-refractivity contribution < 1.29 is 27.8 Å². The summed E-state index contributed by atoms with van der Waals surface area (Å²) in [4.78, 5) is 12.2. The van der Waals surface area contributed by atoms with E-state index in [0.717, 1.165) is 16.7 Å². The van der Waals surface area contributed by atoms with E-state index in [2.05, 4.69) is 4.74 Å². The molecule has 0 aliphatic heterocycles. The van der Waals surface area contributed by atoms with Gasteiger partial charge in [-0.3, -0.25) is 0 Å². The van der Waals surface area contributed by atoms with Crippen molar-refractivity contribution in [3.63, 3.8) is 0 Å². The van der Waals surface area contributed by atoms with Gasteiger partial charge in [-0.05, 0) is 34.9 Å². The van der Waals surface area contributed by atoms with Crippen molar-refractivity contribution in [3.8, 4) is 22.6 Å². The number of carbonyl (C=O) groups excluding carboxylic acids is 1. The van der Waals surface area contributed by atoms with Gasteiger partial charge in [-0.25, -0.2) is 4.79 Å². The summed E-state index contributed by atoms with van der Waals surface area (Å²) in [5.41, 5.74) is 3.18. The second kappa shape index (κ2) is 8.99. The minimum Gasteiger partial charge on any atom is -0.493 e. The van der Waals surface area contributed by atoms with Gasteiger partial charge >= 0.3 is 12.6 Å². The average Bonchev–Trinajstić information content (AvgIpc) is 2.73. The van der Waals surface area contributed by atoms with Crippen LogP contribution in [0.15, 0.2) is 72.8 Å². The molecular weight excluding hydrogens is 366 g/mol. The molecule has 0 atom stereocenters. The Morgan fingerprint density at radius 2 is 1.57 bits per heavy atom. The summed E-state index contributed by atoms with van der Waals surface area (Å²) in [6.45, 7) is -2.89. The summed E-state index contributed by atoms with van der Waals surface area (Å²) in [5, 5.41) is 0. The summed E-state index contributed by atoms with van der Waals surface area (Å²) in [5.74, 6) is -0.707. The highest BCUT2D eigenvalue weighted by atomic mass is 19.3. The van der Waals surface area contributed by atoms with Crippen LogP contribution in [0.2, 0.25) is 0 Å². The fraction of sp³-hybridized carbons (Fsp3) is 0.136. The lowest BCUT2D eigenvalue weighted by molar-refractivity contribution is -0.0512. The first-order valence-electron chi connectivity index (χ1n) is 8.51. The average molecular weight is 384 g/mol. The van der Waals surface area contributed by atoms with Crippen LogP contribution in [-0.2, 0) is 11.3 Å². The van der Waals surface area contributed by atoms with Crippen LogP contribution >= 0.6 is 0 Å². The minimum absolute atomic E-state index is 0.0296. The Hall–Kier alpha value is -3.41. The molecule has 0 unspecified atom stereocenters. The van der Waals surface area contributed by atoms with Crippen molar-refractivity contribution >= 4 is 5.97 Å². The lowest BCUT2D eigenvalue weighted by Crippen LogP contribution is -2.07. The minimum atomic E-state index is -2.98. The van der Waals surface area contributed by atoms with Crippen LogP contribution < -0.4 is 9.47 Å². The molecule has 0 N–H and O–H groups in total. The number of rotatable bonds is 7. The third-order valence-electron chi connectivity index (χ3n) is 4.05. The topological polar surface area (TPSA) is 44.8 Å². The Balaban J connectivity index is 1.64. The second-order valence-corrected chi connectivity index (χ2v) is 5.88. The Kier molecular flexibility index (Phi) is 6.22. The van der Waals surface area contributed by atoms with E-state index in [-0.39, 0.29) is 23.7 Å². The molecule has 0 spiro atoms. The fourth-order valence-electron chi connectivity index (χ4n) is 2.64. The number of ether oxygens (including phenoxy) is 3. The van der Waals surface area contributed by atoms with E-state index in [1.165, 1.54) is 25.3 Å². The van der Waals surface area contributed by atoms with Crippen LogP contribution in [-0.4, -0.2) is 19.7 Å². The summed E-state index contributed by atoms with van der Waals surface area (Å²) in [7, 11) is 1.30. The Morgan fingerprint density at radius 1 is 0.893 bits per heavy atom. The summed E-state index contributed by atoms with van der Waals surface area (Å²) in [6, 6.07) is 21.5. The number of carbonyl (C=O) groups is 1. The van der Waals surface area contributed by atoms with Gasteiger partial charge in [0.25, 0.3) is 0 Å². The van der Waals surface area contributed by atoms with E-state index in [4.69, 9.17) is 9.47 Å². The van der Waals surface area contributed by atoms with Crippen LogP contribution in [0.25, 0.3) is 11.1 Å². The summed E-state index contributed by atoms with van der Waals surface area (Å²) in [6.07, 6.45) is 0. The van der Waals surface area contributed by atoms with Crippen molar-refractivity contribution in [1.29, 1.82) is 0 Å². The number of esters is 1. The highest BCUT2D eigenvalue weighted by molar-refractivity contribution is 5.90. The first kappa shape index (κ1) is 19.4. The van der Waals surface area contributed by atoms with Crippen LogP contribution in [0.3, 0.4) is 0 Å². The Morgan fingerprint density at radius 3 is 2.21 bits per heavy atom. The second-order valence-electron chi connectivity index (χ2n) is 5.88. The quantitative estimate of drug-likeness (QED) is 0.517. The van der Waals surface area contributed by atoms with Crippen LogP contribution in [0.1, 0.15) is 15.9 Å². The van der Waals surface area contributed by atoms with E-state index < -0.39 is 12.6 Å². The number of hydrogen-bond donors (Lipinski definition) is 0. The molecule has 0 heterocycles. The van der Waals surface area contributed by atoms with E-state index >= 15 is 0 Å². The molecule has 0 bridgehead atoms. The molecule has 144 valence electrons. The molecule has 0 saturated carbocycles. The molecule has 3 aromatic rings. The highest BCUT2D eigenvalue weighted by Crippen LogP contribution is 2.29. The van der Waals surface area contributed by atoms with E-state index in [9.17, 15) is 13.6 Å². The van der Waals surface area contributed by atoms with Gasteiger partial charge in [0.1, 0.15) is 6.61 Å². The summed E-state index contributed by atoms with van der Waals surface area (Å²) < 4.78 is 39.4. The predicted molar refractivity (Wildman–Crippen MR) is 101 cm³/mol. The number of hydrogen-bond acceptors (Lipinski definition) is 4. The molecule has 0 aliphatic rings. The Labute approximate surface area is 161 Å². The molecule has 6 heteroatoms. The van der Waals surface area contributed by atoms with Crippen LogP contribution in [0.5, 0.6) is 11.5 Å². The maximum absolute atomic E-state index is 12.4. The predicted octanol–water partition coefficient (Wildman–Crippen LogP) is 5.32. The van der Waals surface area contributed by atoms with Crippen molar-refractivity contribution in [1.82, 2.24) is 0 Å². The van der Waals surface area contributed by atoms with Crippen molar-refractivity contribution in [2.45, 2.75) is 13.2 Å². The lowest BCUT2D eigenvalue weighted by Gasteiger charge is -2.11. The van der Waals surface area contributed by atoms with Gasteiger partial charge in [0.2, 0.25) is 0 Å². The molecule has 0 radical (unpaired) electrons. The molecular formula is C22H18F2O4. The first-order valence-corrected chi connectivity index (χ1v) is 8.51. The van der Waals surface area contributed by atoms with Crippen molar-refractivity contribution in [3.05, 3.63) is 83.9 Å². The van der Waals surface area contributed by atoms with Crippen LogP contribution in [0, 0.1) is 0 Å². The molecule has 28 heavy (non-hydrogen) atoms. The van der Waals surface area contributed by atoms with Gasteiger partial charge in [-0.2, -0.15) is 8.78 Å². The molecule has 0 aromatic heterocycles. The standard InChI is InChI=1S/C22H18F2O4/c1-26-20-13-18(11-12-19(20)28-22(23)24)21(25)27-14-15-7-9-17(10-8-15)16-5-3-2-4-6-16/h2-13,22H,14H2,1H3. The van der Waals surface area contributed by atoms with Gasteiger partial charge in [0.05, 0.1) is 12.7 Å². The van der Waals surface area contributed by atoms with Crippen LogP contribution in [0.4, 0.5) is 8.78 Å². The van der Waals surface area contributed by atoms with Gasteiger partial charge in [0.15, 0.2) is 11.5 Å². The SMILES string of the molecule is COc1cc(C(=O)OCc2ccc(-c3ccccc3)cc2)ccc1OC(F)F. The van der Waals surface area contributed by atoms with Crippen molar-refractivity contribution in [2.24, 2.45) is 0 Å². The monoisotopic (exact) mass is 384 g/mol. The highest BCUT2D eigenvalue weighted by Gasteiger charge is 2.15. The number of benzene rings is 3. The zero-order chi connectivity index (χ0) is 19.9. The molecule has 0 amide bonds. The molecule has 0 aliphatic carbocycles. The maximum atomic E-state index is 12.4. The molecule has 3 aromatic carbocycles.